The quantitative estimate of drug-likeness (QED) is 0.886. The van der Waals surface area contributed by atoms with Crippen molar-refractivity contribution in [2.45, 2.75) is 30.8 Å². The molecule has 0 aliphatic carbocycles. The third kappa shape index (κ3) is 3.53. The van der Waals surface area contributed by atoms with E-state index in [9.17, 15) is 8.42 Å². The number of pyridine rings is 1. The lowest BCUT2D eigenvalue weighted by atomic mass is 10.1. The van der Waals surface area contributed by atoms with Gasteiger partial charge in [0.2, 0.25) is 0 Å². The third-order valence-corrected chi connectivity index (χ3v) is 5.75. The first-order valence-electron chi connectivity index (χ1n) is 7.32. The van der Waals surface area contributed by atoms with E-state index in [1.807, 2.05) is 14.0 Å². The van der Waals surface area contributed by atoms with E-state index < -0.39 is 10.0 Å². The van der Waals surface area contributed by atoms with Crippen LogP contribution in [0.25, 0.3) is 0 Å². The Morgan fingerprint density at radius 3 is 2.95 bits per heavy atom. The third-order valence-electron chi connectivity index (χ3n) is 3.88. The average Bonchev–Trinajstić information content (AvgIpc) is 2.47. The molecule has 1 aliphatic heterocycles. The first-order chi connectivity index (χ1) is 9.96. The summed E-state index contributed by atoms with van der Waals surface area (Å²) in [5.74, 6) is 0. The maximum atomic E-state index is 12.8. The molecule has 118 valence electrons. The molecule has 1 saturated heterocycles. The van der Waals surface area contributed by atoms with Crippen molar-refractivity contribution in [3.63, 3.8) is 0 Å². The molecule has 1 N–H and O–H groups in total. The fraction of sp³-hybridized carbons (Fsp3) is 0.643. The molecule has 1 unspecified atom stereocenters. The van der Waals surface area contributed by atoms with Crippen LogP contribution in [0, 0.1) is 0 Å². The topological polar surface area (TPSA) is 65.5 Å². The Hall–Kier alpha value is -1.18. The number of rotatable bonds is 5. The van der Waals surface area contributed by atoms with Crippen LogP contribution >= 0.6 is 0 Å². The van der Waals surface area contributed by atoms with Crippen LogP contribution in [0.15, 0.2) is 23.4 Å². The fourth-order valence-electron chi connectivity index (χ4n) is 2.69. The molecule has 1 aromatic heterocycles. The van der Waals surface area contributed by atoms with Crippen molar-refractivity contribution in [1.29, 1.82) is 0 Å². The van der Waals surface area contributed by atoms with Crippen LogP contribution in [0.3, 0.4) is 0 Å². The fourth-order valence-corrected chi connectivity index (χ4v) is 4.14. The van der Waals surface area contributed by atoms with Gasteiger partial charge in [-0.25, -0.2) is 13.4 Å². The van der Waals surface area contributed by atoms with Gasteiger partial charge in [-0.1, -0.05) is 0 Å². The summed E-state index contributed by atoms with van der Waals surface area (Å²) in [5.41, 5.74) is 0.566. The van der Waals surface area contributed by atoms with Gasteiger partial charge in [0, 0.05) is 32.4 Å². The van der Waals surface area contributed by atoms with Crippen LogP contribution in [-0.2, 0) is 10.0 Å². The van der Waals surface area contributed by atoms with Crippen LogP contribution in [0.5, 0.6) is 0 Å². The second-order valence-electron chi connectivity index (χ2n) is 5.47. The number of piperidine rings is 1. The van der Waals surface area contributed by atoms with E-state index >= 15 is 0 Å². The molecule has 0 saturated carbocycles. The summed E-state index contributed by atoms with van der Waals surface area (Å²) in [6.07, 6.45) is 3.43. The Morgan fingerprint density at radius 1 is 1.52 bits per heavy atom. The largest absolute Gasteiger partial charge is 0.383 e. The predicted molar refractivity (Wildman–Crippen MR) is 83.9 cm³/mol. The van der Waals surface area contributed by atoms with Gasteiger partial charge in [-0.2, -0.15) is 4.31 Å². The molecule has 0 amide bonds. The molecule has 7 heteroatoms. The zero-order valence-corrected chi connectivity index (χ0v) is 13.7. The normalized spacial score (nSPS) is 20.7. The number of aromatic nitrogens is 1. The lowest BCUT2D eigenvalue weighted by molar-refractivity contribution is 0.187. The zero-order valence-electron chi connectivity index (χ0n) is 12.9. The van der Waals surface area contributed by atoms with Crippen molar-refractivity contribution in [3.05, 3.63) is 18.3 Å². The number of likely N-dealkylation sites (tertiary alicyclic amines) is 1. The SMILES string of the molecule is CCNc1cccnc1S(=O)(=O)N(C)C1CCCN(C)C1. The minimum atomic E-state index is -3.58. The molecule has 2 rings (SSSR count). The highest BCUT2D eigenvalue weighted by Gasteiger charge is 2.32. The molecule has 0 bridgehead atoms. The molecule has 0 radical (unpaired) electrons. The second-order valence-corrected chi connectivity index (χ2v) is 7.38. The molecule has 21 heavy (non-hydrogen) atoms. The van der Waals surface area contributed by atoms with Gasteiger partial charge in [0.1, 0.15) is 0 Å². The van der Waals surface area contributed by atoms with Crippen molar-refractivity contribution in [2.75, 3.05) is 39.0 Å². The molecule has 2 heterocycles. The molecular weight excluding hydrogens is 288 g/mol. The Bertz CT molecular complexity index is 576. The highest BCUT2D eigenvalue weighted by atomic mass is 32.2. The number of nitrogens with zero attached hydrogens (tertiary/aromatic N) is 3. The van der Waals surface area contributed by atoms with E-state index in [0.29, 0.717) is 12.2 Å². The molecule has 6 nitrogen and oxygen atoms in total. The first-order valence-corrected chi connectivity index (χ1v) is 8.76. The highest BCUT2D eigenvalue weighted by molar-refractivity contribution is 7.89. The summed E-state index contributed by atoms with van der Waals surface area (Å²) in [6, 6.07) is 3.50. The van der Waals surface area contributed by atoms with Crippen molar-refractivity contribution in [1.82, 2.24) is 14.2 Å². The minimum absolute atomic E-state index is 0.00485. The summed E-state index contributed by atoms with van der Waals surface area (Å²) in [4.78, 5) is 6.27. The van der Waals surface area contributed by atoms with Gasteiger partial charge in [-0.3, -0.25) is 0 Å². The number of likely N-dealkylation sites (N-methyl/N-ethyl adjacent to an activating group) is 2. The average molecular weight is 312 g/mol. The molecular formula is C14H24N4O2S. The van der Waals surface area contributed by atoms with Crippen LogP contribution < -0.4 is 5.32 Å². The van der Waals surface area contributed by atoms with Gasteiger partial charge in [0.15, 0.2) is 5.03 Å². The predicted octanol–water partition coefficient (Wildman–Crippen LogP) is 1.23. The Labute approximate surface area is 127 Å². The molecule has 1 aliphatic rings. The van der Waals surface area contributed by atoms with Crippen molar-refractivity contribution >= 4 is 15.7 Å². The van der Waals surface area contributed by atoms with Gasteiger partial charge in [-0.05, 0) is 45.5 Å². The van der Waals surface area contributed by atoms with E-state index in [1.165, 1.54) is 10.5 Å². The van der Waals surface area contributed by atoms with Crippen molar-refractivity contribution in [3.8, 4) is 0 Å². The monoisotopic (exact) mass is 312 g/mol. The van der Waals surface area contributed by atoms with E-state index in [4.69, 9.17) is 0 Å². The van der Waals surface area contributed by atoms with Gasteiger partial charge in [0.25, 0.3) is 10.0 Å². The highest BCUT2D eigenvalue weighted by Crippen LogP contribution is 2.25. The van der Waals surface area contributed by atoms with Crippen molar-refractivity contribution in [2.24, 2.45) is 0 Å². The smallest absolute Gasteiger partial charge is 0.262 e. The number of sulfonamides is 1. The maximum absolute atomic E-state index is 12.8. The summed E-state index contributed by atoms with van der Waals surface area (Å²) in [7, 11) is 0.0997. The summed E-state index contributed by atoms with van der Waals surface area (Å²) >= 11 is 0. The van der Waals surface area contributed by atoms with Crippen LogP contribution in [-0.4, -0.2) is 62.4 Å². The molecule has 0 aromatic carbocycles. The standard InChI is InChI=1S/C14H24N4O2S/c1-4-15-13-8-5-9-16-14(13)21(19,20)18(3)12-7-6-10-17(2)11-12/h5,8-9,12,15H,4,6-7,10-11H2,1-3H3. The minimum Gasteiger partial charge on any atom is -0.383 e. The van der Waals surface area contributed by atoms with E-state index in [0.717, 1.165) is 25.9 Å². The number of nitrogens with one attached hydrogen (secondary N) is 1. The summed E-state index contributed by atoms with van der Waals surface area (Å²) in [5, 5.41) is 3.18. The number of hydrogen-bond donors (Lipinski definition) is 1. The van der Waals surface area contributed by atoms with Crippen molar-refractivity contribution < 1.29 is 8.42 Å². The first kappa shape index (κ1) is 16.2. The van der Waals surface area contributed by atoms with E-state index in [1.54, 1.807) is 19.2 Å². The van der Waals surface area contributed by atoms with Crippen LogP contribution in [0.4, 0.5) is 5.69 Å². The lowest BCUT2D eigenvalue weighted by Gasteiger charge is -2.35. The van der Waals surface area contributed by atoms with Crippen LogP contribution in [0.2, 0.25) is 0 Å². The van der Waals surface area contributed by atoms with Gasteiger partial charge in [-0.15, -0.1) is 0 Å². The Balaban J connectivity index is 2.28. The molecule has 0 spiro atoms. The molecule has 1 aromatic rings. The second kappa shape index (κ2) is 6.72. The Kier molecular flexibility index (Phi) is 5.18. The maximum Gasteiger partial charge on any atom is 0.262 e. The van der Waals surface area contributed by atoms with Gasteiger partial charge in [0.05, 0.1) is 5.69 Å². The lowest BCUT2D eigenvalue weighted by Crippen LogP contribution is -2.47. The number of anilines is 1. The van der Waals surface area contributed by atoms with Crippen LogP contribution in [0.1, 0.15) is 19.8 Å². The Morgan fingerprint density at radius 2 is 2.29 bits per heavy atom. The summed E-state index contributed by atoms with van der Waals surface area (Å²) < 4.78 is 27.2. The molecule has 1 fully saturated rings. The number of hydrogen-bond acceptors (Lipinski definition) is 5. The molecule has 1 atom stereocenters. The van der Waals surface area contributed by atoms with Gasteiger partial charge < -0.3 is 10.2 Å². The van der Waals surface area contributed by atoms with E-state index in [-0.39, 0.29) is 11.1 Å². The zero-order chi connectivity index (χ0) is 15.5. The summed E-state index contributed by atoms with van der Waals surface area (Å²) in [6.45, 7) is 4.38. The van der Waals surface area contributed by atoms with E-state index in [2.05, 4.69) is 15.2 Å². The van der Waals surface area contributed by atoms with Gasteiger partial charge >= 0.3 is 0 Å².